The number of fused-ring (bicyclic) bond motifs is 2. The third-order valence-electron chi connectivity index (χ3n) is 7.49. The van der Waals surface area contributed by atoms with Gasteiger partial charge in [0.25, 0.3) is 0 Å². The van der Waals surface area contributed by atoms with Gasteiger partial charge in [-0.15, -0.1) is 0 Å². The largest absolute Gasteiger partial charge is 0.492 e. The molecule has 4 aromatic rings. The summed E-state index contributed by atoms with van der Waals surface area (Å²) < 4.78 is 24.1. The second kappa shape index (κ2) is 11.9. The maximum atomic E-state index is 10.0. The van der Waals surface area contributed by atoms with Crippen molar-refractivity contribution in [3.05, 3.63) is 53.4 Å². The Balaban J connectivity index is 1.36. The molecule has 2 fully saturated rings. The van der Waals surface area contributed by atoms with E-state index in [-0.39, 0.29) is 6.29 Å². The lowest BCUT2D eigenvalue weighted by Crippen LogP contribution is -2.45. The summed E-state index contributed by atoms with van der Waals surface area (Å²) >= 11 is 6.39. The van der Waals surface area contributed by atoms with Crippen molar-refractivity contribution in [2.45, 2.75) is 25.6 Å². The summed E-state index contributed by atoms with van der Waals surface area (Å²) in [6, 6.07) is 11.5. The fourth-order valence-electron chi connectivity index (χ4n) is 5.24. The molecule has 0 saturated carbocycles. The second-order valence-electron chi connectivity index (χ2n) is 10.3. The van der Waals surface area contributed by atoms with Gasteiger partial charge in [-0.25, -0.2) is 0 Å². The molecule has 10 heteroatoms. The summed E-state index contributed by atoms with van der Waals surface area (Å²) in [7, 11) is 2.15. The highest BCUT2D eigenvalue weighted by Crippen LogP contribution is 2.41. The van der Waals surface area contributed by atoms with Gasteiger partial charge in [-0.3, -0.25) is 9.88 Å². The zero-order valence-electron chi connectivity index (χ0n) is 22.5. The van der Waals surface area contributed by atoms with Crippen molar-refractivity contribution in [1.29, 1.82) is 5.26 Å². The molecule has 2 aliphatic rings. The Bertz CT molecular complexity index is 1540. The predicted octanol–water partition coefficient (Wildman–Crippen LogP) is 5.78. The number of aromatic nitrogens is 1. The normalized spacial score (nSPS) is 18.6. The average molecular weight is 562 g/mol. The lowest BCUT2D eigenvalue weighted by molar-refractivity contribution is -0.105. The fraction of sp³-hybridized carbons (Fsp3) is 0.400. The molecule has 0 radical (unpaired) electrons. The van der Waals surface area contributed by atoms with Gasteiger partial charge in [-0.2, -0.15) is 5.26 Å². The topological polar surface area (TPSA) is 96.0 Å². The SMILES string of the molecule is CN1CCN(CCOc2cc(OC3CCCCO3)c3c(Nc4cc(Cl)cc5occc45)c(C#N)cnc3c2)CC1. The van der Waals surface area contributed by atoms with Gasteiger partial charge in [0, 0.05) is 73.9 Å². The number of likely N-dealkylation sites (N-methyl/N-ethyl adjacent to an activating group) is 1. The quantitative estimate of drug-likeness (QED) is 0.287. The molecule has 0 amide bonds. The van der Waals surface area contributed by atoms with Crippen molar-refractivity contribution in [2.24, 2.45) is 0 Å². The number of ether oxygens (including phenoxy) is 3. The van der Waals surface area contributed by atoms with E-state index in [0.29, 0.717) is 63.2 Å². The first-order valence-electron chi connectivity index (χ1n) is 13.7. The van der Waals surface area contributed by atoms with Crippen LogP contribution in [0.2, 0.25) is 5.02 Å². The van der Waals surface area contributed by atoms with Gasteiger partial charge >= 0.3 is 0 Å². The molecule has 2 saturated heterocycles. The molecule has 1 N–H and O–H groups in total. The molecule has 2 aromatic carbocycles. The van der Waals surface area contributed by atoms with Gasteiger partial charge < -0.3 is 28.8 Å². The third-order valence-corrected chi connectivity index (χ3v) is 7.71. The molecule has 1 atom stereocenters. The van der Waals surface area contributed by atoms with Crippen LogP contribution in [-0.4, -0.2) is 74.1 Å². The number of pyridine rings is 1. The van der Waals surface area contributed by atoms with Crippen LogP contribution >= 0.6 is 11.6 Å². The Hall–Kier alpha value is -3.55. The van der Waals surface area contributed by atoms with Crippen LogP contribution in [0.1, 0.15) is 24.8 Å². The maximum absolute atomic E-state index is 10.0. The molecule has 2 aromatic heterocycles. The summed E-state index contributed by atoms with van der Waals surface area (Å²) in [5.41, 5.74) is 2.96. The summed E-state index contributed by atoms with van der Waals surface area (Å²) in [5, 5.41) is 15.5. The molecular formula is C30H32ClN5O4. The highest BCUT2D eigenvalue weighted by molar-refractivity contribution is 6.31. The van der Waals surface area contributed by atoms with Crippen molar-refractivity contribution >= 4 is 44.8 Å². The maximum Gasteiger partial charge on any atom is 0.199 e. The minimum atomic E-state index is -0.386. The molecule has 2 aliphatic heterocycles. The fourth-order valence-corrected chi connectivity index (χ4v) is 5.45. The zero-order chi connectivity index (χ0) is 27.5. The standard InChI is InChI=1S/C30H32ClN5O4/c1-35-6-8-36(9-7-35)10-13-37-22-16-25-29(27(17-22)40-28-4-2-3-11-39-28)30(20(18-32)19-33-25)34-24-14-21(31)15-26-23(24)5-12-38-26/h5,12,14-17,19,28H,2-4,6-11,13H2,1H3,(H,33,34). The number of hydrogen-bond acceptors (Lipinski definition) is 9. The smallest absolute Gasteiger partial charge is 0.199 e. The minimum Gasteiger partial charge on any atom is -0.492 e. The highest BCUT2D eigenvalue weighted by atomic mass is 35.5. The summed E-state index contributed by atoms with van der Waals surface area (Å²) in [4.78, 5) is 9.37. The number of rotatable bonds is 8. The van der Waals surface area contributed by atoms with Crippen molar-refractivity contribution in [3.8, 4) is 17.6 Å². The van der Waals surface area contributed by atoms with E-state index in [1.165, 1.54) is 0 Å². The van der Waals surface area contributed by atoms with Gasteiger partial charge in [0.15, 0.2) is 6.29 Å². The Labute approximate surface area is 238 Å². The van der Waals surface area contributed by atoms with Crippen LogP contribution in [0.25, 0.3) is 21.9 Å². The molecule has 0 spiro atoms. The van der Waals surface area contributed by atoms with E-state index in [2.05, 4.69) is 33.2 Å². The second-order valence-corrected chi connectivity index (χ2v) is 10.7. The Morgan fingerprint density at radius 1 is 1.18 bits per heavy atom. The number of nitrogens with zero attached hydrogens (tertiary/aromatic N) is 4. The summed E-state index contributed by atoms with van der Waals surface area (Å²) in [5.74, 6) is 1.21. The lowest BCUT2D eigenvalue weighted by atomic mass is 10.1. The molecular weight excluding hydrogens is 530 g/mol. The molecule has 6 rings (SSSR count). The van der Waals surface area contributed by atoms with Gasteiger partial charge in [0.1, 0.15) is 29.8 Å². The first kappa shape index (κ1) is 26.7. The number of furan rings is 1. The molecule has 9 nitrogen and oxygen atoms in total. The zero-order valence-corrected chi connectivity index (χ0v) is 23.2. The molecule has 1 unspecified atom stereocenters. The Morgan fingerprint density at radius 3 is 2.85 bits per heavy atom. The van der Waals surface area contributed by atoms with Crippen LogP contribution in [0, 0.1) is 11.3 Å². The number of anilines is 2. The first-order chi connectivity index (χ1) is 19.6. The van der Waals surface area contributed by atoms with Crippen LogP contribution < -0.4 is 14.8 Å². The van der Waals surface area contributed by atoms with E-state index in [1.807, 2.05) is 24.3 Å². The van der Waals surface area contributed by atoms with Crippen molar-refractivity contribution < 1.29 is 18.6 Å². The summed E-state index contributed by atoms with van der Waals surface area (Å²) in [6.07, 6.45) is 5.62. The number of benzene rings is 2. The Kier molecular flexibility index (Phi) is 7.93. The Morgan fingerprint density at radius 2 is 2.05 bits per heavy atom. The van der Waals surface area contributed by atoms with E-state index in [9.17, 15) is 5.26 Å². The van der Waals surface area contributed by atoms with Crippen molar-refractivity contribution in [3.63, 3.8) is 0 Å². The average Bonchev–Trinajstić information content (AvgIpc) is 3.43. The first-order valence-corrected chi connectivity index (χ1v) is 14.1. The van der Waals surface area contributed by atoms with E-state index >= 15 is 0 Å². The van der Waals surface area contributed by atoms with Crippen LogP contribution in [0.4, 0.5) is 11.4 Å². The number of piperazine rings is 1. The monoisotopic (exact) mass is 561 g/mol. The van der Waals surface area contributed by atoms with Gasteiger partial charge in [0.05, 0.1) is 40.7 Å². The third kappa shape index (κ3) is 5.81. The highest BCUT2D eigenvalue weighted by Gasteiger charge is 2.22. The van der Waals surface area contributed by atoms with Crippen LogP contribution in [0.15, 0.2) is 47.2 Å². The van der Waals surface area contributed by atoms with Crippen LogP contribution in [-0.2, 0) is 4.74 Å². The minimum absolute atomic E-state index is 0.377. The van der Waals surface area contributed by atoms with E-state index in [1.54, 1.807) is 18.5 Å². The number of nitriles is 1. The summed E-state index contributed by atoms with van der Waals surface area (Å²) in [6.45, 7) is 6.24. The molecule has 40 heavy (non-hydrogen) atoms. The number of nitrogens with one attached hydrogen (secondary N) is 1. The van der Waals surface area contributed by atoms with Gasteiger partial charge in [0.2, 0.25) is 0 Å². The molecule has 4 heterocycles. The van der Waals surface area contributed by atoms with Crippen molar-refractivity contribution in [1.82, 2.24) is 14.8 Å². The molecule has 208 valence electrons. The predicted molar refractivity (Wildman–Crippen MR) is 155 cm³/mol. The van der Waals surface area contributed by atoms with Crippen molar-refractivity contribution in [2.75, 3.05) is 58.3 Å². The molecule has 0 aliphatic carbocycles. The lowest BCUT2D eigenvalue weighted by Gasteiger charge is -2.32. The molecule has 0 bridgehead atoms. The van der Waals surface area contributed by atoms with E-state index in [0.717, 1.165) is 57.4 Å². The van der Waals surface area contributed by atoms with Crippen LogP contribution in [0.5, 0.6) is 11.5 Å². The van der Waals surface area contributed by atoms with E-state index in [4.69, 9.17) is 30.2 Å². The number of hydrogen-bond donors (Lipinski definition) is 1. The van der Waals surface area contributed by atoms with Gasteiger partial charge in [-0.05, 0) is 32.0 Å². The van der Waals surface area contributed by atoms with Gasteiger partial charge in [-0.1, -0.05) is 11.6 Å². The number of halogens is 1. The van der Waals surface area contributed by atoms with Crippen LogP contribution in [0.3, 0.4) is 0 Å². The van der Waals surface area contributed by atoms with E-state index < -0.39 is 0 Å².